The van der Waals surface area contributed by atoms with Crippen molar-refractivity contribution in [3.05, 3.63) is 54.1 Å². The van der Waals surface area contributed by atoms with Gasteiger partial charge in [-0.3, -0.25) is 9.59 Å². The summed E-state index contributed by atoms with van der Waals surface area (Å²) in [4.78, 5) is 39.1. The molecule has 3 amide bonds. The van der Waals surface area contributed by atoms with Crippen LogP contribution in [0.2, 0.25) is 0 Å². The summed E-state index contributed by atoms with van der Waals surface area (Å²) in [6.07, 6.45) is -0.940. The number of likely N-dealkylation sites (N-methyl/N-ethyl adjacent to an activating group) is 1. The highest BCUT2D eigenvalue weighted by Crippen LogP contribution is 2.39. The number of fused-ring (bicyclic) bond motifs is 3. The largest absolute Gasteiger partial charge is 0.436 e. The second-order valence-corrected chi connectivity index (χ2v) is 6.92. The number of para-hydroxylation sites is 1. The Morgan fingerprint density at radius 2 is 1.76 bits per heavy atom. The van der Waals surface area contributed by atoms with Crippen LogP contribution in [0.15, 0.2) is 48.5 Å². The van der Waals surface area contributed by atoms with Crippen LogP contribution in [-0.2, 0) is 14.3 Å². The van der Waals surface area contributed by atoms with E-state index in [0.717, 1.165) is 23.2 Å². The second kappa shape index (κ2) is 8.77. The molecule has 2 atom stereocenters. The molecule has 2 N–H and O–H groups in total. The Labute approximate surface area is 170 Å². The minimum atomic E-state index is -1.04. The van der Waals surface area contributed by atoms with E-state index in [2.05, 4.69) is 10.6 Å². The third kappa shape index (κ3) is 4.23. The number of carbonyl (C=O) groups is 3. The van der Waals surface area contributed by atoms with Crippen molar-refractivity contribution in [1.29, 1.82) is 0 Å². The lowest BCUT2D eigenvalue weighted by Crippen LogP contribution is -2.45. The first kappa shape index (κ1) is 20.4. The summed E-state index contributed by atoms with van der Waals surface area (Å²) in [5.41, 5.74) is 3.26. The molecule has 0 fully saturated rings. The predicted octanol–water partition coefficient (Wildman–Crippen LogP) is 3.01. The summed E-state index contributed by atoms with van der Waals surface area (Å²) in [7, 11) is 1.68. The van der Waals surface area contributed by atoms with E-state index in [1.165, 1.54) is 6.92 Å². The van der Waals surface area contributed by atoms with E-state index in [0.29, 0.717) is 12.1 Å². The summed E-state index contributed by atoms with van der Waals surface area (Å²) in [6.45, 7) is 3.86. The molecule has 0 radical (unpaired) electrons. The third-order valence-corrected chi connectivity index (χ3v) is 4.86. The lowest BCUT2D eigenvalue weighted by atomic mass is 9.95. The highest BCUT2D eigenvalue weighted by atomic mass is 16.6. The molecule has 0 bridgehead atoms. The van der Waals surface area contributed by atoms with Gasteiger partial charge < -0.3 is 20.3 Å². The van der Waals surface area contributed by atoms with Gasteiger partial charge in [-0.15, -0.1) is 0 Å². The zero-order valence-electron chi connectivity index (χ0n) is 16.8. The standard InChI is InChI=1S/C22H25N3O4/c1-4-13-23-22(28)29-14(2)20(26)24-19-17-11-6-5-9-15(17)16-10-7-8-12-18(16)25(3)21(19)27/h5-12,14,19H,4,13H2,1-3H3,(H,23,28)(H,24,26)/t14-,19?/m0/s1. The smallest absolute Gasteiger partial charge is 0.407 e. The van der Waals surface area contributed by atoms with Crippen LogP contribution in [0.3, 0.4) is 0 Å². The molecule has 1 aliphatic heterocycles. The van der Waals surface area contributed by atoms with Gasteiger partial charge in [0.1, 0.15) is 6.04 Å². The van der Waals surface area contributed by atoms with Gasteiger partial charge in [-0.05, 0) is 30.5 Å². The minimum Gasteiger partial charge on any atom is -0.436 e. The van der Waals surface area contributed by atoms with Gasteiger partial charge in [0, 0.05) is 19.2 Å². The van der Waals surface area contributed by atoms with Crippen molar-refractivity contribution >= 4 is 23.6 Å². The highest BCUT2D eigenvalue weighted by Gasteiger charge is 2.34. The monoisotopic (exact) mass is 395 g/mol. The Kier molecular flexibility index (Phi) is 6.16. The Morgan fingerprint density at radius 3 is 2.48 bits per heavy atom. The lowest BCUT2D eigenvalue weighted by molar-refractivity contribution is -0.132. The zero-order valence-corrected chi connectivity index (χ0v) is 16.8. The number of anilines is 1. The molecule has 7 nitrogen and oxygen atoms in total. The van der Waals surface area contributed by atoms with Gasteiger partial charge in [-0.1, -0.05) is 49.4 Å². The second-order valence-electron chi connectivity index (χ2n) is 6.92. The van der Waals surface area contributed by atoms with Gasteiger partial charge in [-0.25, -0.2) is 4.79 Å². The fraction of sp³-hybridized carbons (Fsp3) is 0.318. The number of hydrogen-bond acceptors (Lipinski definition) is 4. The number of amides is 3. The first-order chi connectivity index (χ1) is 13.9. The number of nitrogens with zero attached hydrogens (tertiary/aromatic N) is 1. The zero-order chi connectivity index (χ0) is 21.0. The third-order valence-electron chi connectivity index (χ3n) is 4.86. The summed E-state index contributed by atoms with van der Waals surface area (Å²) in [6, 6.07) is 14.2. The van der Waals surface area contributed by atoms with Gasteiger partial charge in [0.05, 0.1) is 5.69 Å². The van der Waals surface area contributed by atoms with Crippen LogP contribution in [0, 0.1) is 0 Å². The summed E-state index contributed by atoms with van der Waals surface area (Å²) >= 11 is 0. The molecule has 1 aliphatic rings. The highest BCUT2D eigenvalue weighted by molar-refractivity contribution is 6.06. The quantitative estimate of drug-likeness (QED) is 0.815. The molecule has 3 rings (SSSR count). The number of alkyl carbamates (subject to hydrolysis) is 1. The van der Waals surface area contributed by atoms with Crippen molar-refractivity contribution in [3.63, 3.8) is 0 Å². The summed E-state index contributed by atoms with van der Waals surface area (Å²) in [5, 5.41) is 5.31. The van der Waals surface area contributed by atoms with Crippen molar-refractivity contribution in [2.24, 2.45) is 0 Å². The molecule has 152 valence electrons. The Morgan fingerprint density at radius 1 is 1.10 bits per heavy atom. The Bertz CT molecular complexity index is 928. The average molecular weight is 395 g/mol. The maximum Gasteiger partial charge on any atom is 0.407 e. The molecule has 7 heteroatoms. The number of benzene rings is 2. The van der Waals surface area contributed by atoms with Crippen molar-refractivity contribution in [3.8, 4) is 11.1 Å². The van der Waals surface area contributed by atoms with Crippen molar-refractivity contribution in [1.82, 2.24) is 10.6 Å². The molecule has 0 aliphatic carbocycles. The van der Waals surface area contributed by atoms with E-state index in [1.54, 1.807) is 11.9 Å². The van der Waals surface area contributed by atoms with Crippen LogP contribution in [-0.4, -0.2) is 37.6 Å². The van der Waals surface area contributed by atoms with E-state index in [4.69, 9.17) is 4.74 Å². The van der Waals surface area contributed by atoms with Crippen LogP contribution in [0.1, 0.15) is 31.9 Å². The fourth-order valence-electron chi connectivity index (χ4n) is 3.32. The van der Waals surface area contributed by atoms with Crippen LogP contribution in [0.4, 0.5) is 10.5 Å². The summed E-state index contributed by atoms with van der Waals surface area (Å²) in [5.74, 6) is -0.803. The van der Waals surface area contributed by atoms with Gasteiger partial charge >= 0.3 is 6.09 Å². The number of nitrogens with one attached hydrogen (secondary N) is 2. The normalized spacial score (nSPS) is 16.2. The van der Waals surface area contributed by atoms with Crippen LogP contribution < -0.4 is 15.5 Å². The number of carbonyl (C=O) groups excluding carboxylic acids is 3. The first-order valence-corrected chi connectivity index (χ1v) is 9.64. The van der Waals surface area contributed by atoms with Crippen LogP contribution in [0.5, 0.6) is 0 Å². The minimum absolute atomic E-state index is 0.265. The topological polar surface area (TPSA) is 87.7 Å². The molecule has 2 aromatic carbocycles. The number of hydrogen-bond donors (Lipinski definition) is 2. The molecule has 29 heavy (non-hydrogen) atoms. The molecule has 1 heterocycles. The van der Waals surface area contributed by atoms with Crippen LogP contribution >= 0.6 is 0 Å². The number of rotatable bonds is 5. The SMILES string of the molecule is CCCNC(=O)O[C@@H](C)C(=O)NC1C(=O)N(C)c2ccccc2-c2ccccc21. The van der Waals surface area contributed by atoms with E-state index in [1.807, 2.05) is 55.5 Å². The van der Waals surface area contributed by atoms with E-state index < -0.39 is 24.1 Å². The van der Waals surface area contributed by atoms with Gasteiger partial charge in [0.2, 0.25) is 0 Å². The Hall–Kier alpha value is -3.35. The average Bonchev–Trinajstić information content (AvgIpc) is 2.82. The Balaban J connectivity index is 1.87. The predicted molar refractivity (Wildman–Crippen MR) is 110 cm³/mol. The van der Waals surface area contributed by atoms with Crippen molar-refractivity contribution < 1.29 is 19.1 Å². The molecule has 0 spiro atoms. The molecular formula is C22H25N3O4. The van der Waals surface area contributed by atoms with Gasteiger partial charge in [-0.2, -0.15) is 0 Å². The molecule has 0 saturated heterocycles. The molecule has 0 saturated carbocycles. The lowest BCUT2D eigenvalue weighted by Gasteiger charge is -2.24. The molecule has 1 unspecified atom stereocenters. The number of ether oxygens (including phenoxy) is 1. The molecule has 2 aromatic rings. The molecular weight excluding hydrogens is 370 g/mol. The molecule has 0 aromatic heterocycles. The van der Waals surface area contributed by atoms with Gasteiger partial charge in [0.25, 0.3) is 11.8 Å². The fourth-order valence-corrected chi connectivity index (χ4v) is 3.32. The first-order valence-electron chi connectivity index (χ1n) is 9.64. The van der Waals surface area contributed by atoms with Gasteiger partial charge in [0.15, 0.2) is 6.10 Å². The van der Waals surface area contributed by atoms with E-state index >= 15 is 0 Å². The maximum atomic E-state index is 13.2. The summed E-state index contributed by atoms with van der Waals surface area (Å²) < 4.78 is 5.11. The maximum absolute atomic E-state index is 13.2. The van der Waals surface area contributed by atoms with E-state index in [9.17, 15) is 14.4 Å². The van der Waals surface area contributed by atoms with Crippen molar-refractivity contribution in [2.45, 2.75) is 32.4 Å². The van der Waals surface area contributed by atoms with Crippen molar-refractivity contribution in [2.75, 3.05) is 18.5 Å². The van der Waals surface area contributed by atoms with E-state index in [-0.39, 0.29) is 5.91 Å². The van der Waals surface area contributed by atoms with Crippen LogP contribution in [0.25, 0.3) is 11.1 Å².